The van der Waals surface area contributed by atoms with Crippen LogP contribution in [-0.2, 0) is 14.3 Å². The Morgan fingerprint density at radius 2 is 1.06 bits per heavy atom. The van der Waals surface area contributed by atoms with Gasteiger partial charge < -0.3 is 45.4 Å². The Labute approximate surface area is 329 Å². The van der Waals surface area contributed by atoms with E-state index in [4.69, 9.17) is 9.47 Å². The summed E-state index contributed by atoms with van der Waals surface area (Å²) in [6.07, 6.45) is 29.6. The molecule has 1 aliphatic heterocycles. The fourth-order valence-electron chi connectivity index (χ4n) is 6.92. The fraction of sp³-hybridized carbons (Fsp3) is 0.886. The molecule has 0 aromatic heterocycles. The van der Waals surface area contributed by atoms with Gasteiger partial charge in [-0.2, -0.15) is 0 Å². The van der Waals surface area contributed by atoms with E-state index in [-0.39, 0.29) is 6.61 Å². The third-order valence-electron chi connectivity index (χ3n) is 10.6. The molecule has 8 atom stereocenters. The zero-order valence-electron chi connectivity index (χ0n) is 34.3. The lowest BCUT2D eigenvalue weighted by atomic mass is 9.99. The number of aliphatic hydroxyl groups is 6. The number of unbranched alkanes of at least 4 members (excludes halogenated alkanes) is 21. The molecule has 10 nitrogen and oxygen atoms in total. The third kappa shape index (κ3) is 25.0. The molecule has 0 aromatic carbocycles. The van der Waals surface area contributed by atoms with Crippen molar-refractivity contribution < 1.29 is 44.9 Å². The molecule has 54 heavy (non-hydrogen) atoms. The maximum absolute atomic E-state index is 13.0. The number of allylic oxidation sites excluding steroid dienone is 4. The predicted molar refractivity (Wildman–Crippen MR) is 218 cm³/mol. The first-order chi connectivity index (χ1) is 26.3. The predicted octanol–water partition coefficient (Wildman–Crippen LogP) is 7.69. The fourth-order valence-corrected chi connectivity index (χ4v) is 6.92. The number of hydrogen-bond acceptors (Lipinski definition) is 9. The first-order valence-corrected chi connectivity index (χ1v) is 22.1. The first kappa shape index (κ1) is 50.6. The van der Waals surface area contributed by atoms with Crippen molar-refractivity contribution in [2.45, 2.75) is 236 Å². The van der Waals surface area contributed by atoms with Crippen LogP contribution in [0.15, 0.2) is 24.3 Å². The lowest BCUT2D eigenvalue weighted by molar-refractivity contribution is -0.302. The summed E-state index contributed by atoms with van der Waals surface area (Å²) in [6.45, 7) is 3.59. The monoisotopic (exact) mass is 770 g/mol. The molecule has 0 unspecified atom stereocenters. The van der Waals surface area contributed by atoms with E-state index in [1.54, 1.807) is 0 Å². The highest BCUT2D eigenvalue weighted by atomic mass is 16.7. The van der Waals surface area contributed by atoms with Crippen molar-refractivity contribution in [3.05, 3.63) is 24.3 Å². The van der Waals surface area contributed by atoms with Gasteiger partial charge in [-0.25, -0.2) is 0 Å². The van der Waals surface area contributed by atoms with Gasteiger partial charge in [0.25, 0.3) is 0 Å². The number of hydrogen-bond donors (Lipinski definition) is 7. The van der Waals surface area contributed by atoms with Crippen molar-refractivity contribution in [2.75, 3.05) is 13.2 Å². The molecule has 1 rings (SSSR count). The number of carbonyl (C=O) groups excluding carboxylic acids is 1. The maximum Gasteiger partial charge on any atom is 0.249 e. The molecule has 1 aliphatic rings. The van der Waals surface area contributed by atoms with Crippen LogP contribution in [-0.4, -0.2) is 98.7 Å². The van der Waals surface area contributed by atoms with Crippen LogP contribution in [0.2, 0.25) is 0 Å². The lowest BCUT2D eigenvalue weighted by Crippen LogP contribution is -2.60. The topological polar surface area (TPSA) is 169 Å². The summed E-state index contributed by atoms with van der Waals surface area (Å²) in [5.41, 5.74) is 0. The van der Waals surface area contributed by atoms with Crippen molar-refractivity contribution in [1.29, 1.82) is 0 Å². The van der Waals surface area contributed by atoms with Gasteiger partial charge in [0, 0.05) is 0 Å². The summed E-state index contributed by atoms with van der Waals surface area (Å²) in [5, 5.41) is 64.5. The van der Waals surface area contributed by atoms with Gasteiger partial charge in [0.2, 0.25) is 5.91 Å². The number of carbonyl (C=O) groups is 1. The summed E-state index contributed by atoms with van der Waals surface area (Å²) in [5.74, 6) is -0.604. The molecule has 318 valence electrons. The van der Waals surface area contributed by atoms with E-state index < -0.39 is 61.5 Å². The second kappa shape index (κ2) is 34.8. The van der Waals surface area contributed by atoms with Crippen molar-refractivity contribution in [3.63, 3.8) is 0 Å². The summed E-state index contributed by atoms with van der Waals surface area (Å²) in [4.78, 5) is 13.0. The molecule has 7 N–H and O–H groups in total. The molecule has 10 heteroatoms. The van der Waals surface area contributed by atoms with E-state index in [1.807, 2.05) is 6.08 Å². The van der Waals surface area contributed by atoms with Crippen molar-refractivity contribution in [3.8, 4) is 0 Å². The van der Waals surface area contributed by atoms with Gasteiger partial charge in [0.1, 0.15) is 30.5 Å². The second-order valence-corrected chi connectivity index (χ2v) is 15.6. The van der Waals surface area contributed by atoms with E-state index >= 15 is 0 Å². The van der Waals surface area contributed by atoms with Crippen molar-refractivity contribution >= 4 is 5.91 Å². The minimum absolute atomic E-state index is 0.278. The third-order valence-corrected chi connectivity index (χ3v) is 10.6. The Hall–Kier alpha value is -1.37. The molecule has 0 aromatic rings. The lowest BCUT2D eigenvalue weighted by Gasteiger charge is -2.40. The van der Waals surface area contributed by atoms with Crippen LogP contribution in [0.3, 0.4) is 0 Å². The van der Waals surface area contributed by atoms with Gasteiger partial charge in [-0.15, -0.1) is 0 Å². The van der Waals surface area contributed by atoms with Crippen LogP contribution in [0.5, 0.6) is 0 Å². The van der Waals surface area contributed by atoms with Gasteiger partial charge in [0.05, 0.1) is 25.4 Å². The van der Waals surface area contributed by atoms with E-state index in [2.05, 4.69) is 37.4 Å². The van der Waals surface area contributed by atoms with Gasteiger partial charge >= 0.3 is 0 Å². The molecular weight excluding hydrogens is 686 g/mol. The molecule has 1 amide bonds. The van der Waals surface area contributed by atoms with E-state index in [9.17, 15) is 35.4 Å². The average molecular weight is 770 g/mol. The maximum atomic E-state index is 13.0. The van der Waals surface area contributed by atoms with Crippen LogP contribution >= 0.6 is 0 Å². The number of amides is 1. The number of ether oxygens (including phenoxy) is 2. The standard InChI is InChI=1S/C44H83NO9/c1-3-5-7-9-11-13-15-16-17-18-19-20-21-22-23-25-27-29-31-33-38(48)43(52)45-36(35-53-44-42(51)41(50)40(49)39(34-46)54-44)37(47)32-30-28-26-24-14-12-10-8-6-4-2/h16-17,26,28,36-42,44,46-51H,3-15,18-25,27,29-35H2,1-2H3,(H,45,52)/b17-16-,28-26+/t36-,37+,38+,39+,40+,41-,42+,44+/m0/s1. The van der Waals surface area contributed by atoms with Gasteiger partial charge in [-0.1, -0.05) is 154 Å². The SMILES string of the molecule is CCCCCCCC/C=C\CCCCCCCCCCC[C@@H](O)C(=O)N[C@@H](CO[C@@H]1O[C@H](CO)[C@@H](O)[C@H](O)[C@H]1O)[C@H](O)CC/C=C/CCCCCCCC. The first-order valence-electron chi connectivity index (χ1n) is 22.1. The molecular formula is C44H83NO9. The number of aliphatic hydroxyl groups excluding tert-OH is 6. The summed E-state index contributed by atoms with van der Waals surface area (Å²) in [6, 6.07) is -0.924. The Morgan fingerprint density at radius 3 is 1.54 bits per heavy atom. The van der Waals surface area contributed by atoms with Crippen LogP contribution in [0.4, 0.5) is 0 Å². The minimum Gasteiger partial charge on any atom is -0.394 e. The molecule has 0 bridgehead atoms. The number of nitrogens with one attached hydrogen (secondary N) is 1. The Balaban J connectivity index is 2.37. The summed E-state index contributed by atoms with van der Waals surface area (Å²) >= 11 is 0. The van der Waals surface area contributed by atoms with E-state index in [0.717, 1.165) is 38.5 Å². The minimum atomic E-state index is -1.60. The van der Waals surface area contributed by atoms with E-state index in [0.29, 0.717) is 19.3 Å². The second-order valence-electron chi connectivity index (χ2n) is 15.6. The van der Waals surface area contributed by atoms with Crippen LogP contribution in [0, 0.1) is 0 Å². The molecule has 1 fully saturated rings. The van der Waals surface area contributed by atoms with E-state index in [1.165, 1.54) is 116 Å². The Morgan fingerprint density at radius 1 is 0.611 bits per heavy atom. The normalized spacial score (nSPS) is 22.3. The molecule has 0 aliphatic carbocycles. The zero-order valence-corrected chi connectivity index (χ0v) is 34.3. The highest BCUT2D eigenvalue weighted by molar-refractivity contribution is 5.80. The van der Waals surface area contributed by atoms with Gasteiger partial charge in [0.15, 0.2) is 6.29 Å². The Kier molecular flexibility index (Phi) is 32.7. The van der Waals surface area contributed by atoms with Crippen LogP contribution in [0.1, 0.15) is 187 Å². The molecule has 0 spiro atoms. The van der Waals surface area contributed by atoms with Crippen LogP contribution < -0.4 is 5.32 Å². The van der Waals surface area contributed by atoms with Crippen molar-refractivity contribution in [2.24, 2.45) is 0 Å². The number of rotatable bonds is 36. The smallest absolute Gasteiger partial charge is 0.249 e. The molecule has 1 saturated heterocycles. The molecule has 1 heterocycles. The average Bonchev–Trinajstić information content (AvgIpc) is 3.17. The van der Waals surface area contributed by atoms with Crippen molar-refractivity contribution in [1.82, 2.24) is 5.32 Å². The quantitative estimate of drug-likeness (QED) is 0.0250. The largest absolute Gasteiger partial charge is 0.394 e. The molecule has 0 saturated carbocycles. The highest BCUT2D eigenvalue weighted by Gasteiger charge is 2.44. The highest BCUT2D eigenvalue weighted by Crippen LogP contribution is 2.23. The zero-order chi connectivity index (χ0) is 39.7. The molecule has 0 radical (unpaired) electrons. The van der Waals surface area contributed by atoms with Crippen LogP contribution in [0.25, 0.3) is 0 Å². The summed E-state index contributed by atoms with van der Waals surface area (Å²) < 4.78 is 11.1. The summed E-state index contributed by atoms with van der Waals surface area (Å²) in [7, 11) is 0. The van der Waals surface area contributed by atoms with Gasteiger partial charge in [-0.05, 0) is 57.8 Å². The van der Waals surface area contributed by atoms with Gasteiger partial charge in [-0.3, -0.25) is 4.79 Å². The Bertz CT molecular complexity index is 916.